The number of rotatable bonds is 3. The molecule has 1 aliphatic heterocycles. The number of aliphatic hydroxyl groups excluding tert-OH is 1. The quantitative estimate of drug-likeness (QED) is 0.483. The summed E-state index contributed by atoms with van der Waals surface area (Å²) in [4.78, 5) is 24.6. The maximum Gasteiger partial charge on any atom is 0.334 e. The molecule has 3 rings (SSSR count). The molecule has 5 nitrogen and oxygen atoms in total. The van der Waals surface area contributed by atoms with Crippen LogP contribution >= 0.6 is 0 Å². The molecule has 1 saturated carbocycles. The number of hydrogen-bond acceptors (Lipinski definition) is 5. The highest BCUT2D eigenvalue weighted by Gasteiger charge is 2.64. The molecule has 1 saturated heterocycles. The second kappa shape index (κ2) is 6.13. The molecule has 0 radical (unpaired) electrons. The van der Waals surface area contributed by atoms with Gasteiger partial charge in [-0.05, 0) is 33.1 Å². The zero-order valence-corrected chi connectivity index (χ0v) is 15.2. The van der Waals surface area contributed by atoms with Crippen molar-refractivity contribution in [2.24, 2.45) is 23.2 Å². The van der Waals surface area contributed by atoms with Crippen molar-refractivity contribution in [3.8, 4) is 0 Å². The van der Waals surface area contributed by atoms with Gasteiger partial charge >= 0.3 is 11.9 Å². The lowest BCUT2D eigenvalue weighted by atomic mass is 9.56. The Balaban J connectivity index is 2.06. The first-order chi connectivity index (χ1) is 11.8. The van der Waals surface area contributed by atoms with Gasteiger partial charge in [0.1, 0.15) is 12.2 Å². The van der Waals surface area contributed by atoms with Gasteiger partial charge in [0.2, 0.25) is 0 Å². The highest BCUT2D eigenvalue weighted by atomic mass is 16.6. The zero-order valence-electron chi connectivity index (χ0n) is 15.2. The van der Waals surface area contributed by atoms with E-state index in [1.54, 1.807) is 19.9 Å². The monoisotopic (exact) mass is 346 g/mol. The van der Waals surface area contributed by atoms with Crippen molar-refractivity contribution in [2.45, 2.75) is 46.3 Å². The lowest BCUT2D eigenvalue weighted by molar-refractivity contribution is -0.185. The highest BCUT2D eigenvalue weighted by molar-refractivity contribution is 5.92. The van der Waals surface area contributed by atoms with Crippen LogP contribution in [0.5, 0.6) is 0 Å². The van der Waals surface area contributed by atoms with Crippen molar-refractivity contribution >= 4 is 11.9 Å². The number of carbonyl (C=O) groups is 2. The van der Waals surface area contributed by atoms with Gasteiger partial charge in [0.05, 0.1) is 12.5 Å². The maximum absolute atomic E-state index is 12.4. The summed E-state index contributed by atoms with van der Waals surface area (Å²) in [6.45, 7) is 11.2. The van der Waals surface area contributed by atoms with E-state index in [2.05, 4.69) is 12.7 Å². The van der Waals surface area contributed by atoms with Crippen LogP contribution in [0.25, 0.3) is 0 Å². The number of aliphatic hydroxyl groups is 1. The van der Waals surface area contributed by atoms with Gasteiger partial charge in [0.25, 0.3) is 0 Å². The Morgan fingerprint density at radius 3 is 2.80 bits per heavy atom. The van der Waals surface area contributed by atoms with Crippen LogP contribution in [-0.2, 0) is 19.1 Å². The Labute approximate surface area is 148 Å². The Hall–Kier alpha value is -1.88. The van der Waals surface area contributed by atoms with Crippen molar-refractivity contribution in [2.75, 3.05) is 6.61 Å². The predicted octanol–water partition coefficient (Wildman–Crippen LogP) is 2.56. The largest absolute Gasteiger partial charge is 0.458 e. The molecule has 2 fully saturated rings. The number of fused-ring (bicyclic) bond motifs is 3. The van der Waals surface area contributed by atoms with E-state index in [0.29, 0.717) is 11.1 Å². The summed E-state index contributed by atoms with van der Waals surface area (Å²) in [6, 6.07) is 0. The van der Waals surface area contributed by atoms with Crippen LogP contribution in [0.4, 0.5) is 0 Å². The number of carbonyl (C=O) groups excluding carboxylic acids is 2. The van der Waals surface area contributed by atoms with Gasteiger partial charge in [-0.25, -0.2) is 9.59 Å². The van der Waals surface area contributed by atoms with Crippen LogP contribution in [0.2, 0.25) is 0 Å². The molecule has 0 bridgehead atoms. The minimum Gasteiger partial charge on any atom is -0.458 e. The fraction of sp³-hybridized carbons (Fsp3) is 0.600. The molecule has 1 N–H and O–H groups in total. The molecular formula is C20H26O5. The fourth-order valence-corrected chi connectivity index (χ4v) is 4.70. The van der Waals surface area contributed by atoms with E-state index in [0.717, 1.165) is 12.0 Å². The lowest BCUT2D eigenvalue weighted by Gasteiger charge is -2.52. The molecule has 1 heterocycles. The summed E-state index contributed by atoms with van der Waals surface area (Å²) < 4.78 is 11.5. The van der Waals surface area contributed by atoms with E-state index < -0.39 is 29.4 Å². The second-order valence-corrected chi connectivity index (χ2v) is 7.70. The van der Waals surface area contributed by atoms with E-state index in [-0.39, 0.29) is 24.5 Å². The third kappa shape index (κ3) is 2.48. The molecule has 0 spiro atoms. The fourth-order valence-electron chi connectivity index (χ4n) is 4.70. The van der Waals surface area contributed by atoms with Crippen molar-refractivity contribution in [1.29, 1.82) is 0 Å². The van der Waals surface area contributed by atoms with Gasteiger partial charge < -0.3 is 14.6 Å². The first-order valence-corrected chi connectivity index (χ1v) is 8.77. The van der Waals surface area contributed by atoms with Crippen molar-refractivity contribution in [1.82, 2.24) is 0 Å². The summed E-state index contributed by atoms with van der Waals surface area (Å²) >= 11 is 0. The third-order valence-corrected chi connectivity index (χ3v) is 6.42. The van der Waals surface area contributed by atoms with Gasteiger partial charge in [-0.15, -0.1) is 0 Å². The Morgan fingerprint density at radius 2 is 2.20 bits per heavy atom. The van der Waals surface area contributed by atoms with E-state index >= 15 is 0 Å². The molecule has 0 aromatic rings. The highest BCUT2D eigenvalue weighted by Crippen LogP contribution is 2.58. The molecule has 0 amide bonds. The molecule has 136 valence electrons. The average molecular weight is 346 g/mol. The summed E-state index contributed by atoms with van der Waals surface area (Å²) in [7, 11) is 0. The standard InChI is InChI=1S/C20H26O5/c1-6-10(2)18(22)25-17-15-12(4)19(23)24-16(15)14-11(3)7-8-13(14)20(17,5)9-21/h6-7,13-17,21H,4,8-9H2,1-3,5H3/b10-6+/t13-,14-,15+,16+,17-,20-/m0/s1. The molecular weight excluding hydrogens is 320 g/mol. The topological polar surface area (TPSA) is 72.8 Å². The molecule has 5 heteroatoms. The summed E-state index contributed by atoms with van der Waals surface area (Å²) in [5.41, 5.74) is 1.33. The lowest BCUT2D eigenvalue weighted by Crippen LogP contribution is -2.59. The summed E-state index contributed by atoms with van der Waals surface area (Å²) in [5, 5.41) is 10.3. The molecule has 0 unspecified atom stereocenters. The molecule has 0 aromatic carbocycles. The SMILES string of the molecule is C=C1C(=O)O[C@@H]2[C@H]3C(C)=CC[C@@H]3[C@](C)(CO)[C@@H](OC(=O)/C(C)=C/C)[C@H]12. The normalized spacial score (nSPS) is 40.3. The van der Waals surface area contributed by atoms with Gasteiger partial charge in [-0.1, -0.05) is 31.2 Å². The van der Waals surface area contributed by atoms with Crippen LogP contribution < -0.4 is 0 Å². The first-order valence-electron chi connectivity index (χ1n) is 8.77. The van der Waals surface area contributed by atoms with Crippen LogP contribution in [0.1, 0.15) is 34.1 Å². The first kappa shape index (κ1) is 17.9. The second-order valence-electron chi connectivity index (χ2n) is 7.70. The maximum atomic E-state index is 12.4. The summed E-state index contributed by atoms with van der Waals surface area (Å²) in [6.07, 6.45) is 3.57. The van der Waals surface area contributed by atoms with E-state index in [4.69, 9.17) is 9.47 Å². The van der Waals surface area contributed by atoms with Crippen molar-refractivity contribution < 1.29 is 24.2 Å². The summed E-state index contributed by atoms with van der Waals surface area (Å²) in [5.74, 6) is -1.20. The number of ether oxygens (including phenoxy) is 2. The van der Waals surface area contributed by atoms with Gasteiger partial charge in [0, 0.05) is 22.5 Å². The Kier molecular flexibility index (Phi) is 4.40. The van der Waals surface area contributed by atoms with Crippen LogP contribution in [0.3, 0.4) is 0 Å². The van der Waals surface area contributed by atoms with Crippen molar-refractivity contribution in [3.63, 3.8) is 0 Å². The van der Waals surface area contributed by atoms with E-state index in [1.807, 2.05) is 13.8 Å². The Morgan fingerprint density at radius 1 is 1.52 bits per heavy atom. The predicted molar refractivity (Wildman–Crippen MR) is 92.4 cm³/mol. The molecule has 0 aromatic heterocycles. The van der Waals surface area contributed by atoms with Crippen LogP contribution in [0, 0.1) is 23.2 Å². The number of esters is 2. The van der Waals surface area contributed by atoms with E-state index in [9.17, 15) is 14.7 Å². The van der Waals surface area contributed by atoms with Gasteiger partial charge in [0.15, 0.2) is 0 Å². The molecule has 6 atom stereocenters. The minimum absolute atomic E-state index is 0.0307. The van der Waals surface area contributed by atoms with Gasteiger partial charge in [-0.2, -0.15) is 0 Å². The minimum atomic E-state index is -0.666. The third-order valence-electron chi connectivity index (χ3n) is 6.42. The van der Waals surface area contributed by atoms with Gasteiger partial charge in [-0.3, -0.25) is 0 Å². The average Bonchev–Trinajstić information content (AvgIpc) is 3.12. The molecule has 25 heavy (non-hydrogen) atoms. The van der Waals surface area contributed by atoms with E-state index in [1.165, 1.54) is 0 Å². The van der Waals surface area contributed by atoms with Crippen LogP contribution in [0.15, 0.2) is 35.5 Å². The zero-order chi connectivity index (χ0) is 18.5. The Bertz CT molecular complexity index is 688. The number of hydrogen-bond donors (Lipinski definition) is 1. The number of allylic oxidation sites excluding steroid dienone is 2. The van der Waals surface area contributed by atoms with Crippen LogP contribution in [-0.4, -0.2) is 35.9 Å². The molecule has 2 aliphatic carbocycles. The molecule has 3 aliphatic rings. The smallest absolute Gasteiger partial charge is 0.334 e. The van der Waals surface area contributed by atoms with Crippen molar-refractivity contribution in [3.05, 3.63) is 35.5 Å².